The molecule has 1 atom stereocenters. The number of anilines is 1. The summed E-state index contributed by atoms with van der Waals surface area (Å²) in [5.41, 5.74) is 1.51. The van der Waals surface area contributed by atoms with Crippen molar-refractivity contribution < 1.29 is 14.3 Å². The van der Waals surface area contributed by atoms with Crippen LogP contribution >= 0.6 is 0 Å². The maximum absolute atomic E-state index is 12.3. The minimum Gasteiger partial charge on any atom is -0.497 e. The first kappa shape index (κ1) is 17.4. The van der Waals surface area contributed by atoms with E-state index >= 15 is 0 Å². The van der Waals surface area contributed by atoms with Crippen LogP contribution in [0.5, 0.6) is 11.5 Å². The van der Waals surface area contributed by atoms with Crippen molar-refractivity contribution in [2.24, 2.45) is 5.92 Å². The molecule has 1 N–H and O–H groups in total. The van der Waals surface area contributed by atoms with Crippen molar-refractivity contribution in [3.05, 3.63) is 54.1 Å². The van der Waals surface area contributed by atoms with E-state index < -0.39 is 5.92 Å². The molecule has 2 rings (SSSR count). The third-order valence-corrected chi connectivity index (χ3v) is 3.48. The summed E-state index contributed by atoms with van der Waals surface area (Å²) in [6.45, 7) is 2.49. The topological polar surface area (TPSA) is 71.3 Å². The van der Waals surface area contributed by atoms with Gasteiger partial charge in [0.2, 0.25) is 5.91 Å². The van der Waals surface area contributed by atoms with E-state index in [0.29, 0.717) is 24.5 Å². The summed E-state index contributed by atoms with van der Waals surface area (Å²) in [7, 11) is 1.58. The minimum atomic E-state index is -0.774. The molecule has 2 aromatic carbocycles. The third kappa shape index (κ3) is 4.75. The number of nitrogens with zero attached hydrogens (tertiary/aromatic N) is 1. The molecule has 5 nitrogen and oxygen atoms in total. The Kier molecular flexibility index (Phi) is 6.21. The van der Waals surface area contributed by atoms with Gasteiger partial charge in [-0.1, -0.05) is 12.1 Å². The zero-order valence-electron chi connectivity index (χ0n) is 13.8. The third-order valence-electron chi connectivity index (χ3n) is 3.48. The lowest BCUT2D eigenvalue weighted by Gasteiger charge is -2.11. The van der Waals surface area contributed by atoms with Crippen LogP contribution in [0, 0.1) is 17.2 Å². The number of benzene rings is 2. The van der Waals surface area contributed by atoms with Crippen molar-refractivity contribution in [1.29, 1.82) is 5.26 Å². The number of nitriles is 1. The van der Waals surface area contributed by atoms with Crippen LogP contribution in [-0.2, 0) is 11.2 Å². The maximum atomic E-state index is 12.3. The highest BCUT2D eigenvalue weighted by molar-refractivity contribution is 5.94. The molecule has 0 heterocycles. The van der Waals surface area contributed by atoms with Gasteiger partial charge in [0, 0.05) is 5.69 Å². The first-order chi connectivity index (χ1) is 11.7. The van der Waals surface area contributed by atoms with Crippen LogP contribution in [0.3, 0.4) is 0 Å². The van der Waals surface area contributed by atoms with Gasteiger partial charge in [0.05, 0.1) is 19.8 Å². The smallest absolute Gasteiger partial charge is 0.242 e. The predicted molar refractivity (Wildman–Crippen MR) is 92.0 cm³/mol. The van der Waals surface area contributed by atoms with E-state index in [1.54, 1.807) is 31.4 Å². The predicted octanol–water partition coefficient (Wildman–Crippen LogP) is 3.41. The minimum absolute atomic E-state index is 0.329. The molecule has 0 aliphatic heterocycles. The second kappa shape index (κ2) is 8.59. The van der Waals surface area contributed by atoms with E-state index in [1.165, 1.54) is 0 Å². The molecule has 0 aromatic heterocycles. The zero-order valence-corrected chi connectivity index (χ0v) is 13.8. The van der Waals surface area contributed by atoms with Crippen LogP contribution in [0.1, 0.15) is 12.5 Å². The highest BCUT2D eigenvalue weighted by Gasteiger charge is 2.19. The standard InChI is InChI=1S/C19H20N2O3/c1-3-24-17-9-7-16(8-10-17)21-19(22)15(13-20)11-14-5-4-6-18(12-14)23-2/h4-10,12,15H,3,11H2,1-2H3,(H,21,22)/t15-/m1/s1. The van der Waals surface area contributed by atoms with Gasteiger partial charge in [-0.2, -0.15) is 5.26 Å². The summed E-state index contributed by atoms with van der Waals surface area (Å²) in [6, 6.07) is 16.5. The van der Waals surface area contributed by atoms with E-state index in [1.807, 2.05) is 31.2 Å². The van der Waals surface area contributed by atoms with E-state index in [0.717, 1.165) is 11.3 Å². The molecule has 1 amide bonds. The maximum Gasteiger partial charge on any atom is 0.242 e. The Hall–Kier alpha value is -3.00. The van der Waals surface area contributed by atoms with Crippen molar-refractivity contribution >= 4 is 11.6 Å². The number of hydrogen-bond acceptors (Lipinski definition) is 4. The summed E-state index contributed by atoms with van der Waals surface area (Å²) in [5.74, 6) is 0.341. The van der Waals surface area contributed by atoms with E-state index in [9.17, 15) is 10.1 Å². The van der Waals surface area contributed by atoms with Gasteiger partial charge in [-0.3, -0.25) is 4.79 Å². The Balaban J connectivity index is 2.01. The average Bonchev–Trinajstić information content (AvgIpc) is 2.61. The lowest BCUT2D eigenvalue weighted by atomic mass is 9.99. The van der Waals surface area contributed by atoms with Crippen molar-refractivity contribution in [3.8, 4) is 17.6 Å². The summed E-state index contributed by atoms with van der Waals surface area (Å²) in [4.78, 5) is 12.3. The first-order valence-electron chi connectivity index (χ1n) is 7.72. The Labute approximate surface area is 141 Å². The van der Waals surface area contributed by atoms with Crippen molar-refractivity contribution in [2.75, 3.05) is 19.0 Å². The fourth-order valence-electron chi connectivity index (χ4n) is 2.26. The Morgan fingerprint density at radius 1 is 1.21 bits per heavy atom. The summed E-state index contributed by atoms with van der Waals surface area (Å²) in [6.07, 6.45) is 0.330. The highest BCUT2D eigenvalue weighted by atomic mass is 16.5. The largest absolute Gasteiger partial charge is 0.497 e. The van der Waals surface area contributed by atoms with Crippen LogP contribution in [0.2, 0.25) is 0 Å². The average molecular weight is 324 g/mol. The van der Waals surface area contributed by atoms with Crippen LogP contribution in [0.15, 0.2) is 48.5 Å². The van der Waals surface area contributed by atoms with Gasteiger partial charge in [0.25, 0.3) is 0 Å². The second-order valence-corrected chi connectivity index (χ2v) is 5.18. The molecule has 0 radical (unpaired) electrons. The van der Waals surface area contributed by atoms with Gasteiger partial charge in [-0.15, -0.1) is 0 Å². The van der Waals surface area contributed by atoms with Gasteiger partial charge < -0.3 is 14.8 Å². The normalized spacial score (nSPS) is 11.2. The zero-order chi connectivity index (χ0) is 17.4. The molecule has 24 heavy (non-hydrogen) atoms. The summed E-state index contributed by atoms with van der Waals surface area (Å²) in [5, 5.41) is 12.1. The van der Waals surface area contributed by atoms with Crippen molar-refractivity contribution in [2.45, 2.75) is 13.3 Å². The number of carbonyl (C=O) groups excluding carboxylic acids is 1. The lowest BCUT2D eigenvalue weighted by molar-refractivity contribution is -0.118. The molecule has 0 fully saturated rings. The SMILES string of the molecule is CCOc1ccc(NC(=O)[C@@H](C#N)Cc2cccc(OC)c2)cc1. The molecule has 2 aromatic rings. The van der Waals surface area contributed by atoms with E-state index in [-0.39, 0.29) is 5.91 Å². The molecule has 0 saturated heterocycles. The van der Waals surface area contributed by atoms with E-state index in [4.69, 9.17) is 9.47 Å². The van der Waals surface area contributed by atoms with Gasteiger partial charge in [-0.05, 0) is 55.3 Å². The molecule has 0 spiro atoms. The summed E-state index contributed by atoms with van der Waals surface area (Å²) < 4.78 is 10.5. The van der Waals surface area contributed by atoms with Crippen molar-refractivity contribution in [3.63, 3.8) is 0 Å². The fraction of sp³-hybridized carbons (Fsp3) is 0.263. The number of methoxy groups -OCH3 is 1. The van der Waals surface area contributed by atoms with Crippen LogP contribution in [-0.4, -0.2) is 19.6 Å². The number of rotatable bonds is 7. The molecule has 5 heteroatoms. The van der Waals surface area contributed by atoms with Crippen LogP contribution in [0.25, 0.3) is 0 Å². The molecule has 0 bridgehead atoms. The Morgan fingerprint density at radius 2 is 1.96 bits per heavy atom. The Bertz CT molecular complexity index is 720. The molecule has 0 aliphatic carbocycles. The molecular weight excluding hydrogens is 304 g/mol. The number of amides is 1. The van der Waals surface area contributed by atoms with E-state index in [2.05, 4.69) is 11.4 Å². The van der Waals surface area contributed by atoms with Crippen molar-refractivity contribution in [1.82, 2.24) is 0 Å². The number of ether oxygens (including phenoxy) is 2. The molecule has 124 valence electrons. The van der Waals surface area contributed by atoms with Crippen LogP contribution < -0.4 is 14.8 Å². The molecule has 0 unspecified atom stereocenters. The monoisotopic (exact) mass is 324 g/mol. The molecular formula is C19H20N2O3. The van der Waals surface area contributed by atoms with Gasteiger partial charge >= 0.3 is 0 Å². The highest BCUT2D eigenvalue weighted by Crippen LogP contribution is 2.19. The second-order valence-electron chi connectivity index (χ2n) is 5.18. The number of nitrogens with one attached hydrogen (secondary N) is 1. The lowest BCUT2D eigenvalue weighted by Crippen LogP contribution is -2.23. The van der Waals surface area contributed by atoms with Gasteiger partial charge in [0.15, 0.2) is 0 Å². The van der Waals surface area contributed by atoms with Gasteiger partial charge in [0.1, 0.15) is 17.4 Å². The number of hydrogen-bond donors (Lipinski definition) is 1. The molecule has 0 saturated carbocycles. The summed E-state index contributed by atoms with van der Waals surface area (Å²) >= 11 is 0. The Morgan fingerprint density at radius 3 is 2.58 bits per heavy atom. The van der Waals surface area contributed by atoms with Crippen LogP contribution in [0.4, 0.5) is 5.69 Å². The quantitative estimate of drug-likeness (QED) is 0.847. The number of carbonyl (C=O) groups is 1. The fourth-order valence-corrected chi connectivity index (χ4v) is 2.26. The molecule has 0 aliphatic rings. The van der Waals surface area contributed by atoms with Gasteiger partial charge in [-0.25, -0.2) is 0 Å². The first-order valence-corrected chi connectivity index (χ1v) is 7.72.